The summed E-state index contributed by atoms with van der Waals surface area (Å²) in [6, 6.07) is 9.30. The van der Waals surface area contributed by atoms with Crippen molar-refractivity contribution in [3.8, 4) is 6.07 Å². The van der Waals surface area contributed by atoms with Crippen molar-refractivity contribution in [2.24, 2.45) is 28.6 Å². The van der Waals surface area contributed by atoms with E-state index in [0.717, 1.165) is 44.9 Å². The summed E-state index contributed by atoms with van der Waals surface area (Å²) in [5, 5.41) is 21.3. The largest absolute Gasteiger partial charge is 0.388 e. The van der Waals surface area contributed by atoms with Gasteiger partial charge in [-0.15, -0.1) is 0 Å². The van der Waals surface area contributed by atoms with Gasteiger partial charge in [-0.3, -0.25) is 4.79 Å². The van der Waals surface area contributed by atoms with Gasteiger partial charge in [0.1, 0.15) is 0 Å². The molecule has 1 N–H and O–H groups in total. The molecule has 0 unspecified atom stereocenters. The molecule has 0 bridgehead atoms. The number of ketones is 1. The van der Waals surface area contributed by atoms with Gasteiger partial charge in [0.15, 0.2) is 5.78 Å². The van der Waals surface area contributed by atoms with Crippen molar-refractivity contribution in [2.75, 3.05) is 19.0 Å². The van der Waals surface area contributed by atoms with Crippen LogP contribution < -0.4 is 4.90 Å². The van der Waals surface area contributed by atoms with Crippen LogP contribution in [0.3, 0.4) is 0 Å². The maximum Gasteiger partial charge on any atom is 0.155 e. The van der Waals surface area contributed by atoms with E-state index in [-0.39, 0.29) is 17.3 Å². The van der Waals surface area contributed by atoms with Gasteiger partial charge in [0.25, 0.3) is 0 Å². The Labute approximate surface area is 197 Å². The quantitative estimate of drug-likeness (QED) is 0.684. The molecule has 0 amide bonds. The predicted octanol–water partition coefficient (Wildman–Crippen LogP) is 5.16. The van der Waals surface area contributed by atoms with E-state index in [9.17, 15) is 15.2 Å². The van der Waals surface area contributed by atoms with E-state index in [0.29, 0.717) is 35.9 Å². The molecule has 5 aliphatic rings. The van der Waals surface area contributed by atoms with Crippen LogP contribution in [0.4, 0.5) is 5.69 Å². The normalized spacial score (nSPS) is 42.9. The van der Waals surface area contributed by atoms with E-state index in [4.69, 9.17) is 0 Å². The first-order chi connectivity index (χ1) is 15.7. The number of nitrogens with zero attached hydrogens (tertiary/aromatic N) is 2. The van der Waals surface area contributed by atoms with Crippen LogP contribution in [0.25, 0.3) is 0 Å². The van der Waals surface area contributed by atoms with Gasteiger partial charge in [-0.1, -0.05) is 18.6 Å². The van der Waals surface area contributed by atoms with Crippen molar-refractivity contribution in [1.29, 1.82) is 5.26 Å². The summed E-state index contributed by atoms with van der Waals surface area (Å²) in [4.78, 5) is 14.6. The SMILES string of the molecule is CN(C)c1ccc2c(c1)C[C@]13CCC(=O)C=C1CC[C@@H]1[C@@H]3[C@@H]2C[C@@]2(C)[C@H]1CC[C@@]2(O)CC#N. The number of hydrogen-bond donors (Lipinski definition) is 1. The summed E-state index contributed by atoms with van der Waals surface area (Å²) in [7, 11) is 4.19. The second-order valence-corrected chi connectivity index (χ2v) is 12.2. The monoisotopic (exact) mass is 444 g/mol. The minimum atomic E-state index is -0.885. The van der Waals surface area contributed by atoms with Gasteiger partial charge in [0.2, 0.25) is 0 Å². The topological polar surface area (TPSA) is 64.3 Å². The lowest BCUT2D eigenvalue weighted by atomic mass is 9.39. The van der Waals surface area contributed by atoms with Crippen molar-refractivity contribution in [3.05, 3.63) is 41.0 Å². The molecule has 4 nitrogen and oxygen atoms in total. The zero-order valence-corrected chi connectivity index (χ0v) is 20.2. The molecule has 1 aromatic carbocycles. The molecule has 174 valence electrons. The highest BCUT2D eigenvalue weighted by molar-refractivity contribution is 5.91. The number of rotatable bonds is 2. The Morgan fingerprint density at radius 2 is 2.03 bits per heavy atom. The van der Waals surface area contributed by atoms with Crippen molar-refractivity contribution in [2.45, 2.75) is 76.2 Å². The Morgan fingerprint density at radius 1 is 1.21 bits per heavy atom. The minimum absolute atomic E-state index is 0.0939. The number of allylic oxidation sites excluding steroid dienone is 1. The van der Waals surface area contributed by atoms with Gasteiger partial charge in [-0.05, 0) is 103 Å². The van der Waals surface area contributed by atoms with Crippen LogP contribution in [0.2, 0.25) is 0 Å². The highest BCUT2D eigenvalue weighted by Gasteiger charge is 2.68. The third kappa shape index (κ3) is 2.69. The smallest absolute Gasteiger partial charge is 0.155 e. The average Bonchev–Trinajstić information content (AvgIpc) is 3.04. The first-order valence-electron chi connectivity index (χ1n) is 12.9. The number of carbonyl (C=O) groups excluding carboxylic acids is 1. The van der Waals surface area contributed by atoms with Crippen LogP contribution in [0.5, 0.6) is 0 Å². The number of hydrogen-bond acceptors (Lipinski definition) is 4. The molecule has 4 heteroatoms. The average molecular weight is 445 g/mol. The number of benzene rings is 1. The fourth-order valence-electron chi connectivity index (χ4n) is 9.39. The van der Waals surface area contributed by atoms with Gasteiger partial charge < -0.3 is 10.0 Å². The lowest BCUT2D eigenvalue weighted by molar-refractivity contribution is -0.140. The molecule has 33 heavy (non-hydrogen) atoms. The van der Waals surface area contributed by atoms with Gasteiger partial charge in [0.05, 0.1) is 18.1 Å². The first kappa shape index (κ1) is 21.4. The van der Waals surface area contributed by atoms with E-state index in [2.05, 4.69) is 50.2 Å². The number of aliphatic hydroxyl groups is 1. The van der Waals surface area contributed by atoms with Gasteiger partial charge in [0, 0.05) is 31.6 Å². The molecular formula is C29H36N2O2. The molecule has 0 saturated heterocycles. The van der Waals surface area contributed by atoms with E-state index >= 15 is 0 Å². The second-order valence-electron chi connectivity index (χ2n) is 12.2. The fourth-order valence-corrected chi connectivity index (χ4v) is 9.39. The van der Waals surface area contributed by atoms with Gasteiger partial charge in [-0.2, -0.15) is 5.26 Å². The van der Waals surface area contributed by atoms with Crippen molar-refractivity contribution in [1.82, 2.24) is 0 Å². The minimum Gasteiger partial charge on any atom is -0.388 e. The molecule has 1 spiro atoms. The molecule has 3 saturated carbocycles. The zero-order valence-electron chi connectivity index (χ0n) is 20.2. The molecule has 0 heterocycles. The lowest BCUT2D eigenvalue weighted by Crippen LogP contribution is -2.59. The predicted molar refractivity (Wildman–Crippen MR) is 129 cm³/mol. The highest BCUT2D eigenvalue weighted by atomic mass is 16.3. The molecule has 0 radical (unpaired) electrons. The van der Waals surface area contributed by atoms with Crippen LogP contribution >= 0.6 is 0 Å². The van der Waals surface area contributed by atoms with Crippen LogP contribution in [0, 0.1) is 39.9 Å². The Hall–Kier alpha value is -2.12. The van der Waals surface area contributed by atoms with E-state index < -0.39 is 5.60 Å². The molecule has 1 aromatic rings. The number of carbonyl (C=O) groups is 1. The third-order valence-corrected chi connectivity index (χ3v) is 10.9. The van der Waals surface area contributed by atoms with E-state index in [1.807, 2.05) is 6.08 Å². The molecular weight excluding hydrogens is 408 g/mol. The molecule has 3 fully saturated rings. The highest BCUT2D eigenvalue weighted by Crippen LogP contribution is 2.73. The number of nitriles is 1. The van der Waals surface area contributed by atoms with Gasteiger partial charge in [-0.25, -0.2) is 0 Å². The first-order valence-corrected chi connectivity index (χ1v) is 12.9. The Balaban J connectivity index is 1.55. The Kier molecular flexibility index (Phi) is 4.51. The van der Waals surface area contributed by atoms with Crippen LogP contribution in [-0.2, 0) is 11.2 Å². The molecule has 0 aliphatic heterocycles. The third-order valence-electron chi connectivity index (χ3n) is 10.9. The Morgan fingerprint density at radius 3 is 2.79 bits per heavy atom. The maximum absolute atomic E-state index is 12.5. The molecule has 7 atom stereocenters. The molecule has 0 aromatic heterocycles. The number of anilines is 1. The summed E-state index contributed by atoms with van der Waals surface area (Å²) < 4.78 is 0. The lowest BCUT2D eigenvalue weighted by Gasteiger charge is -2.65. The maximum atomic E-state index is 12.5. The molecule has 6 rings (SSSR count). The summed E-state index contributed by atoms with van der Waals surface area (Å²) in [5.74, 6) is 2.27. The van der Waals surface area contributed by atoms with Crippen molar-refractivity contribution in [3.63, 3.8) is 0 Å². The summed E-state index contributed by atoms with van der Waals surface area (Å²) in [5.41, 5.74) is 4.53. The standard InChI is InChI=1S/C29H36N2O2/c1-27-17-24-22-7-5-20(31(2)3)14-18(22)16-28-10-8-21(32)15-19(28)4-6-23(26(24)28)25(27)9-11-29(27,33)12-13-30/h5,7,14-15,23-26,33H,4,6,8-12,16-17H2,1-3H3/t23-,24+,25-,26+,27-,28+,29+/m0/s1. The summed E-state index contributed by atoms with van der Waals surface area (Å²) in [6.07, 6.45) is 9.83. The van der Waals surface area contributed by atoms with Crippen LogP contribution in [0.15, 0.2) is 29.8 Å². The summed E-state index contributed by atoms with van der Waals surface area (Å²) in [6.45, 7) is 2.29. The molecule has 5 aliphatic carbocycles. The Bertz CT molecular complexity index is 1100. The van der Waals surface area contributed by atoms with Crippen LogP contribution in [-0.4, -0.2) is 30.6 Å². The van der Waals surface area contributed by atoms with E-state index in [1.54, 1.807) is 0 Å². The van der Waals surface area contributed by atoms with Gasteiger partial charge >= 0.3 is 0 Å². The van der Waals surface area contributed by atoms with Crippen molar-refractivity contribution >= 4 is 11.5 Å². The second kappa shape index (κ2) is 6.95. The zero-order chi connectivity index (χ0) is 23.2. The summed E-state index contributed by atoms with van der Waals surface area (Å²) >= 11 is 0. The van der Waals surface area contributed by atoms with Crippen LogP contribution in [0.1, 0.15) is 75.3 Å². The van der Waals surface area contributed by atoms with E-state index in [1.165, 1.54) is 22.4 Å². The number of fused-ring (bicyclic) bond motifs is 4. The fraction of sp³-hybridized carbons (Fsp3) is 0.655. The van der Waals surface area contributed by atoms with Crippen molar-refractivity contribution < 1.29 is 9.90 Å².